The Morgan fingerprint density at radius 3 is 2.79 bits per heavy atom. The standard InChI is InChI=1S/C17H24FN3O3/c1-12(22)19-16-11-13(6-7-15(16)18)20-17(23)21(2)9-8-14-5-3-4-10-24-14/h6-7,11,14H,3-5,8-10H2,1-2H3,(H,19,22)(H,20,23)/t14-/m0/s1. The minimum atomic E-state index is -0.550. The second-order valence-electron chi connectivity index (χ2n) is 6.00. The largest absolute Gasteiger partial charge is 0.378 e. The highest BCUT2D eigenvalue weighted by atomic mass is 19.1. The van der Waals surface area contributed by atoms with Gasteiger partial charge in [0.15, 0.2) is 0 Å². The zero-order valence-corrected chi connectivity index (χ0v) is 14.1. The van der Waals surface area contributed by atoms with Crippen molar-refractivity contribution < 1.29 is 18.7 Å². The lowest BCUT2D eigenvalue weighted by Gasteiger charge is -2.25. The average Bonchev–Trinajstić information content (AvgIpc) is 2.56. The van der Waals surface area contributed by atoms with Crippen molar-refractivity contribution in [3.8, 4) is 0 Å². The van der Waals surface area contributed by atoms with Crippen LogP contribution in [0, 0.1) is 5.82 Å². The number of hydrogen-bond donors (Lipinski definition) is 2. The maximum absolute atomic E-state index is 13.6. The van der Waals surface area contributed by atoms with E-state index in [1.54, 1.807) is 11.9 Å². The summed E-state index contributed by atoms with van der Waals surface area (Å²) in [5, 5.41) is 5.09. The zero-order valence-electron chi connectivity index (χ0n) is 14.1. The second-order valence-corrected chi connectivity index (χ2v) is 6.00. The molecule has 1 atom stereocenters. The van der Waals surface area contributed by atoms with E-state index < -0.39 is 5.82 Å². The fraction of sp³-hybridized carbons (Fsp3) is 0.529. The van der Waals surface area contributed by atoms with E-state index in [9.17, 15) is 14.0 Å². The highest BCUT2D eigenvalue weighted by molar-refractivity contribution is 5.92. The van der Waals surface area contributed by atoms with Gasteiger partial charge in [0.25, 0.3) is 0 Å². The molecule has 1 fully saturated rings. The van der Waals surface area contributed by atoms with Gasteiger partial charge in [-0.3, -0.25) is 4.79 Å². The van der Waals surface area contributed by atoms with Crippen LogP contribution in [-0.4, -0.2) is 43.1 Å². The number of carbonyl (C=O) groups excluding carboxylic acids is 2. The van der Waals surface area contributed by atoms with Crippen molar-refractivity contribution in [2.24, 2.45) is 0 Å². The minimum absolute atomic E-state index is 0.0403. The Balaban J connectivity index is 1.87. The number of halogens is 1. The molecule has 7 heteroatoms. The van der Waals surface area contributed by atoms with Gasteiger partial charge in [-0.25, -0.2) is 9.18 Å². The molecular formula is C17H24FN3O3. The van der Waals surface area contributed by atoms with Crippen molar-refractivity contribution in [2.75, 3.05) is 30.8 Å². The number of amides is 3. The molecule has 1 saturated heterocycles. The lowest BCUT2D eigenvalue weighted by atomic mass is 10.1. The monoisotopic (exact) mass is 337 g/mol. The van der Waals surface area contributed by atoms with Gasteiger partial charge in [0.05, 0.1) is 11.8 Å². The maximum atomic E-state index is 13.6. The van der Waals surface area contributed by atoms with E-state index >= 15 is 0 Å². The van der Waals surface area contributed by atoms with Crippen LogP contribution in [0.3, 0.4) is 0 Å². The molecule has 0 bridgehead atoms. The van der Waals surface area contributed by atoms with E-state index in [1.807, 2.05) is 0 Å². The van der Waals surface area contributed by atoms with Gasteiger partial charge in [0.2, 0.25) is 5.91 Å². The number of urea groups is 1. The molecular weight excluding hydrogens is 313 g/mol. The molecule has 2 N–H and O–H groups in total. The molecule has 0 spiro atoms. The predicted octanol–water partition coefficient (Wildman–Crippen LogP) is 3.21. The Bertz CT molecular complexity index is 588. The van der Waals surface area contributed by atoms with Crippen molar-refractivity contribution in [3.05, 3.63) is 24.0 Å². The van der Waals surface area contributed by atoms with Gasteiger partial charge in [-0.15, -0.1) is 0 Å². The number of nitrogens with one attached hydrogen (secondary N) is 2. The quantitative estimate of drug-likeness (QED) is 0.867. The topological polar surface area (TPSA) is 70.7 Å². The number of rotatable bonds is 5. The Kier molecular flexibility index (Phi) is 6.54. The summed E-state index contributed by atoms with van der Waals surface area (Å²) in [4.78, 5) is 24.8. The zero-order chi connectivity index (χ0) is 17.5. The van der Waals surface area contributed by atoms with Gasteiger partial charge in [-0.05, 0) is 43.9 Å². The number of anilines is 2. The van der Waals surface area contributed by atoms with Crippen molar-refractivity contribution in [2.45, 2.75) is 38.7 Å². The van der Waals surface area contributed by atoms with Gasteiger partial charge in [-0.1, -0.05) is 0 Å². The summed E-state index contributed by atoms with van der Waals surface area (Å²) in [6, 6.07) is 3.77. The second kappa shape index (κ2) is 8.63. The van der Waals surface area contributed by atoms with Crippen molar-refractivity contribution in [3.63, 3.8) is 0 Å². The molecule has 0 saturated carbocycles. The molecule has 1 heterocycles. The predicted molar refractivity (Wildman–Crippen MR) is 90.6 cm³/mol. The normalized spacial score (nSPS) is 17.2. The molecule has 1 aliphatic heterocycles. The Morgan fingerprint density at radius 2 is 2.12 bits per heavy atom. The fourth-order valence-electron chi connectivity index (χ4n) is 2.58. The number of hydrogen-bond acceptors (Lipinski definition) is 3. The van der Waals surface area contributed by atoms with E-state index in [-0.39, 0.29) is 23.7 Å². The highest BCUT2D eigenvalue weighted by Gasteiger charge is 2.16. The molecule has 132 valence electrons. The molecule has 6 nitrogen and oxygen atoms in total. The number of carbonyl (C=O) groups is 2. The lowest BCUT2D eigenvalue weighted by molar-refractivity contribution is -0.114. The Labute approximate surface area is 141 Å². The first-order chi connectivity index (χ1) is 11.5. The van der Waals surface area contributed by atoms with E-state index in [4.69, 9.17) is 4.74 Å². The lowest BCUT2D eigenvalue weighted by Crippen LogP contribution is -2.34. The molecule has 24 heavy (non-hydrogen) atoms. The van der Waals surface area contributed by atoms with Crippen molar-refractivity contribution >= 4 is 23.3 Å². The molecule has 1 aromatic rings. The van der Waals surface area contributed by atoms with E-state index in [1.165, 1.54) is 31.5 Å². The van der Waals surface area contributed by atoms with Crippen molar-refractivity contribution in [1.29, 1.82) is 0 Å². The van der Waals surface area contributed by atoms with Crippen LogP contribution < -0.4 is 10.6 Å². The third-order valence-corrected chi connectivity index (χ3v) is 3.94. The maximum Gasteiger partial charge on any atom is 0.321 e. The van der Waals surface area contributed by atoms with Crippen LogP contribution in [0.2, 0.25) is 0 Å². The Hall–Kier alpha value is -2.15. The molecule has 0 aromatic heterocycles. The fourth-order valence-corrected chi connectivity index (χ4v) is 2.58. The summed E-state index contributed by atoms with van der Waals surface area (Å²) in [6.07, 6.45) is 4.32. The first-order valence-electron chi connectivity index (χ1n) is 8.16. The summed E-state index contributed by atoms with van der Waals surface area (Å²) in [7, 11) is 1.70. The van der Waals surface area contributed by atoms with E-state index in [2.05, 4.69) is 10.6 Å². The van der Waals surface area contributed by atoms with Crippen LogP contribution in [0.4, 0.5) is 20.6 Å². The molecule has 3 amide bonds. The summed E-state index contributed by atoms with van der Waals surface area (Å²) >= 11 is 0. The summed E-state index contributed by atoms with van der Waals surface area (Å²) in [6.45, 7) is 2.67. The molecule has 2 rings (SSSR count). The summed E-state index contributed by atoms with van der Waals surface area (Å²) < 4.78 is 19.3. The van der Waals surface area contributed by atoms with Crippen LogP contribution in [0.15, 0.2) is 18.2 Å². The van der Waals surface area contributed by atoms with Crippen LogP contribution in [0.1, 0.15) is 32.6 Å². The van der Waals surface area contributed by atoms with Gasteiger partial charge in [0.1, 0.15) is 5.82 Å². The van der Waals surface area contributed by atoms with Gasteiger partial charge >= 0.3 is 6.03 Å². The summed E-state index contributed by atoms with van der Waals surface area (Å²) in [5.41, 5.74) is 0.462. The van der Waals surface area contributed by atoms with Crippen LogP contribution in [-0.2, 0) is 9.53 Å². The van der Waals surface area contributed by atoms with E-state index in [0.717, 1.165) is 25.9 Å². The van der Waals surface area contributed by atoms with Crippen LogP contribution in [0.5, 0.6) is 0 Å². The molecule has 0 aliphatic carbocycles. The number of ether oxygens (including phenoxy) is 1. The summed E-state index contributed by atoms with van der Waals surface area (Å²) in [5.74, 6) is -0.923. The minimum Gasteiger partial charge on any atom is -0.378 e. The highest BCUT2D eigenvalue weighted by Crippen LogP contribution is 2.20. The van der Waals surface area contributed by atoms with E-state index in [0.29, 0.717) is 12.2 Å². The first-order valence-corrected chi connectivity index (χ1v) is 8.16. The van der Waals surface area contributed by atoms with Gasteiger partial charge in [-0.2, -0.15) is 0 Å². The third kappa shape index (κ3) is 5.49. The smallest absolute Gasteiger partial charge is 0.321 e. The first kappa shape index (κ1) is 18.2. The molecule has 0 radical (unpaired) electrons. The SMILES string of the molecule is CC(=O)Nc1cc(NC(=O)N(C)CC[C@@H]2CCCCO2)ccc1F. The molecule has 0 unspecified atom stereocenters. The average molecular weight is 337 g/mol. The third-order valence-electron chi connectivity index (χ3n) is 3.94. The van der Waals surface area contributed by atoms with Crippen LogP contribution in [0.25, 0.3) is 0 Å². The van der Waals surface area contributed by atoms with Gasteiger partial charge < -0.3 is 20.3 Å². The number of nitrogens with zero attached hydrogens (tertiary/aromatic N) is 1. The molecule has 1 aromatic carbocycles. The molecule has 1 aliphatic rings. The number of benzene rings is 1. The Morgan fingerprint density at radius 1 is 1.33 bits per heavy atom. The van der Waals surface area contributed by atoms with Crippen LogP contribution >= 0.6 is 0 Å². The van der Waals surface area contributed by atoms with Crippen molar-refractivity contribution in [1.82, 2.24) is 4.90 Å². The van der Waals surface area contributed by atoms with Gasteiger partial charge in [0, 0.05) is 32.8 Å².